The molecule has 4 nitrogen and oxygen atoms in total. The predicted octanol–water partition coefficient (Wildman–Crippen LogP) is 2.41. The number of aliphatic hydroxyl groups excluding tert-OH is 1. The summed E-state index contributed by atoms with van der Waals surface area (Å²) in [5.74, 6) is 0.0269. The van der Waals surface area contributed by atoms with Gasteiger partial charge in [0.2, 0.25) is 0 Å². The van der Waals surface area contributed by atoms with Crippen molar-refractivity contribution in [3.63, 3.8) is 0 Å². The Kier molecular flexibility index (Phi) is 5.01. The third kappa shape index (κ3) is 3.12. The van der Waals surface area contributed by atoms with E-state index in [1.807, 2.05) is 37.1 Å². The van der Waals surface area contributed by atoms with Crippen LogP contribution in [-0.2, 0) is 0 Å². The van der Waals surface area contributed by atoms with Gasteiger partial charge in [-0.2, -0.15) is 0 Å². The van der Waals surface area contributed by atoms with E-state index in [2.05, 4.69) is 5.32 Å². The van der Waals surface area contributed by atoms with Crippen LogP contribution in [0.5, 0.6) is 0 Å². The van der Waals surface area contributed by atoms with E-state index in [0.717, 1.165) is 43.5 Å². The Morgan fingerprint density at radius 2 is 2.20 bits per heavy atom. The van der Waals surface area contributed by atoms with E-state index in [0.29, 0.717) is 5.56 Å². The van der Waals surface area contributed by atoms with E-state index in [9.17, 15) is 9.90 Å². The van der Waals surface area contributed by atoms with Crippen molar-refractivity contribution in [2.75, 3.05) is 25.5 Å². The van der Waals surface area contributed by atoms with E-state index in [1.54, 1.807) is 0 Å². The van der Waals surface area contributed by atoms with Crippen molar-refractivity contribution in [3.8, 4) is 0 Å². The molecule has 1 heterocycles. The van der Waals surface area contributed by atoms with Crippen LogP contribution in [-0.4, -0.2) is 42.2 Å². The van der Waals surface area contributed by atoms with E-state index >= 15 is 0 Å². The highest BCUT2D eigenvalue weighted by molar-refractivity contribution is 6.00. The Bertz CT molecular complexity index is 474. The van der Waals surface area contributed by atoms with Gasteiger partial charge < -0.3 is 15.3 Å². The highest BCUT2D eigenvalue weighted by atomic mass is 16.3. The van der Waals surface area contributed by atoms with E-state index in [1.165, 1.54) is 0 Å². The van der Waals surface area contributed by atoms with Crippen molar-refractivity contribution < 1.29 is 9.90 Å². The first kappa shape index (κ1) is 14.9. The second-order valence-corrected chi connectivity index (χ2v) is 5.48. The summed E-state index contributed by atoms with van der Waals surface area (Å²) in [6.45, 7) is 2.77. The molecule has 20 heavy (non-hydrogen) atoms. The predicted molar refractivity (Wildman–Crippen MR) is 81.1 cm³/mol. The molecule has 1 aliphatic heterocycles. The topological polar surface area (TPSA) is 52.6 Å². The van der Waals surface area contributed by atoms with Gasteiger partial charge in [-0.1, -0.05) is 24.5 Å². The molecule has 0 spiro atoms. The van der Waals surface area contributed by atoms with Crippen molar-refractivity contribution in [1.82, 2.24) is 4.90 Å². The third-order valence-electron chi connectivity index (χ3n) is 4.02. The molecule has 2 N–H and O–H groups in total. The van der Waals surface area contributed by atoms with Gasteiger partial charge in [-0.15, -0.1) is 0 Å². The minimum atomic E-state index is -0.0461. The van der Waals surface area contributed by atoms with Gasteiger partial charge in [0.15, 0.2) is 0 Å². The molecule has 4 heteroatoms. The minimum absolute atomic E-state index is 0.0269. The standard InChI is InChI=1S/C16H24N2O2/c1-12-7-8-15(17-2)14(10-12)16(20)18-9-5-3-4-6-13(18)11-19/h7-8,10,13,17,19H,3-6,9,11H2,1-2H3. The molecule has 1 fully saturated rings. The normalized spacial score (nSPS) is 19.6. The van der Waals surface area contributed by atoms with Crippen molar-refractivity contribution in [1.29, 1.82) is 0 Å². The summed E-state index contributed by atoms with van der Waals surface area (Å²) in [6, 6.07) is 5.81. The lowest BCUT2D eigenvalue weighted by Gasteiger charge is -2.29. The summed E-state index contributed by atoms with van der Waals surface area (Å²) in [4.78, 5) is 14.7. The summed E-state index contributed by atoms with van der Waals surface area (Å²) >= 11 is 0. The van der Waals surface area contributed by atoms with Crippen LogP contribution in [0.1, 0.15) is 41.6 Å². The maximum absolute atomic E-state index is 12.8. The fraction of sp³-hybridized carbons (Fsp3) is 0.562. The molecular weight excluding hydrogens is 252 g/mol. The molecule has 0 bridgehead atoms. The summed E-state index contributed by atoms with van der Waals surface area (Å²) < 4.78 is 0. The number of rotatable bonds is 3. The van der Waals surface area contributed by atoms with Gasteiger partial charge in [-0.25, -0.2) is 0 Å². The molecule has 0 aliphatic carbocycles. The second kappa shape index (κ2) is 6.75. The van der Waals surface area contributed by atoms with E-state index in [-0.39, 0.29) is 18.6 Å². The van der Waals surface area contributed by atoms with Crippen molar-refractivity contribution in [2.24, 2.45) is 0 Å². The Labute approximate surface area is 120 Å². The Morgan fingerprint density at radius 3 is 2.90 bits per heavy atom. The van der Waals surface area contributed by atoms with Crippen molar-refractivity contribution in [2.45, 2.75) is 38.6 Å². The largest absolute Gasteiger partial charge is 0.394 e. The fourth-order valence-electron chi connectivity index (χ4n) is 2.84. The number of likely N-dealkylation sites (tertiary alicyclic amines) is 1. The molecule has 0 aromatic heterocycles. The molecule has 0 radical (unpaired) electrons. The van der Waals surface area contributed by atoms with Crippen LogP contribution in [0.3, 0.4) is 0 Å². The summed E-state index contributed by atoms with van der Waals surface area (Å²) in [5.41, 5.74) is 2.62. The van der Waals surface area contributed by atoms with Crippen LogP contribution in [0.4, 0.5) is 5.69 Å². The number of hydrogen-bond donors (Lipinski definition) is 2. The van der Waals surface area contributed by atoms with Crippen LogP contribution < -0.4 is 5.32 Å². The lowest BCUT2D eigenvalue weighted by atomic mass is 10.1. The number of aliphatic hydroxyl groups is 1. The van der Waals surface area contributed by atoms with Gasteiger partial charge in [0.25, 0.3) is 5.91 Å². The van der Waals surface area contributed by atoms with Crippen LogP contribution in [0.25, 0.3) is 0 Å². The first-order valence-corrected chi connectivity index (χ1v) is 7.37. The second-order valence-electron chi connectivity index (χ2n) is 5.48. The van der Waals surface area contributed by atoms with Crippen LogP contribution in [0.15, 0.2) is 18.2 Å². The zero-order valence-corrected chi connectivity index (χ0v) is 12.4. The van der Waals surface area contributed by atoms with Crippen molar-refractivity contribution in [3.05, 3.63) is 29.3 Å². The Hall–Kier alpha value is -1.55. The van der Waals surface area contributed by atoms with Crippen LogP contribution >= 0.6 is 0 Å². The average molecular weight is 276 g/mol. The number of nitrogens with zero attached hydrogens (tertiary/aromatic N) is 1. The third-order valence-corrected chi connectivity index (χ3v) is 4.02. The fourth-order valence-corrected chi connectivity index (χ4v) is 2.84. The first-order chi connectivity index (χ1) is 9.67. The van der Waals surface area contributed by atoms with Gasteiger partial charge in [-0.05, 0) is 31.9 Å². The van der Waals surface area contributed by atoms with Crippen LogP contribution in [0.2, 0.25) is 0 Å². The molecular formula is C16H24N2O2. The average Bonchev–Trinajstić information content (AvgIpc) is 2.71. The zero-order valence-electron chi connectivity index (χ0n) is 12.4. The molecule has 1 unspecified atom stereocenters. The van der Waals surface area contributed by atoms with E-state index in [4.69, 9.17) is 0 Å². The number of amides is 1. The van der Waals surface area contributed by atoms with E-state index < -0.39 is 0 Å². The highest BCUT2D eigenvalue weighted by Gasteiger charge is 2.27. The zero-order chi connectivity index (χ0) is 14.5. The molecule has 1 aromatic carbocycles. The number of carbonyl (C=O) groups excluding carboxylic acids is 1. The minimum Gasteiger partial charge on any atom is -0.394 e. The summed E-state index contributed by atoms with van der Waals surface area (Å²) in [6.07, 6.45) is 4.13. The molecule has 1 aliphatic rings. The smallest absolute Gasteiger partial charge is 0.256 e. The maximum Gasteiger partial charge on any atom is 0.256 e. The monoisotopic (exact) mass is 276 g/mol. The SMILES string of the molecule is CNc1ccc(C)cc1C(=O)N1CCCCCC1CO. The molecule has 0 saturated carbocycles. The number of aryl methyl sites for hydroxylation is 1. The maximum atomic E-state index is 12.8. The lowest BCUT2D eigenvalue weighted by Crippen LogP contribution is -2.42. The molecule has 1 aromatic rings. The Morgan fingerprint density at radius 1 is 1.40 bits per heavy atom. The number of nitrogens with one attached hydrogen (secondary N) is 1. The number of hydrogen-bond acceptors (Lipinski definition) is 3. The number of benzene rings is 1. The number of anilines is 1. The van der Waals surface area contributed by atoms with Gasteiger partial charge in [0.1, 0.15) is 0 Å². The molecule has 110 valence electrons. The number of carbonyl (C=O) groups is 1. The van der Waals surface area contributed by atoms with Crippen molar-refractivity contribution >= 4 is 11.6 Å². The quantitative estimate of drug-likeness (QED) is 0.891. The van der Waals surface area contributed by atoms with Gasteiger partial charge in [0, 0.05) is 19.3 Å². The molecule has 1 amide bonds. The molecule has 2 rings (SSSR count). The van der Waals surface area contributed by atoms with Gasteiger partial charge >= 0.3 is 0 Å². The van der Waals surface area contributed by atoms with Gasteiger partial charge in [0.05, 0.1) is 18.2 Å². The molecule has 1 saturated heterocycles. The summed E-state index contributed by atoms with van der Waals surface area (Å²) in [5, 5.41) is 12.6. The van der Waals surface area contributed by atoms with Crippen LogP contribution in [0, 0.1) is 6.92 Å². The summed E-state index contributed by atoms with van der Waals surface area (Å²) in [7, 11) is 1.83. The lowest BCUT2D eigenvalue weighted by molar-refractivity contribution is 0.0600. The first-order valence-electron chi connectivity index (χ1n) is 7.37. The van der Waals surface area contributed by atoms with Gasteiger partial charge in [-0.3, -0.25) is 4.79 Å². The Balaban J connectivity index is 2.30. The molecule has 1 atom stereocenters. The highest BCUT2D eigenvalue weighted by Crippen LogP contribution is 2.23.